The Morgan fingerprint density at radius 1 is 1.00 bits per heavy atom. The molecule has 0 saturated carbocycles. The molecule has 0 spiro atoms. The molecule has 1 saturated heterocycles. The summed E-state index contributed by atoms with van der Waals surface area (Å²) in [5, 5.41) is 0. The monoisotopic (exact) mass is 213 g/mol. The molecule has 0 aromatic rings. The zero-order valence-corrected chi connectivity index (χ0v) is 11.5. The Labute approximate surface area is 95.8 Å². The van der Waals surface area contributed by atoms with Crippen molar-refractivity contribution in [3.05, 3.63) is 0 Å². The Kier molecular flexibility index (Phi) is 4.19. The predicted molar refractivity (Wildman–Crippen MR) is 67.0 cm³/mol. The zero-order chi connectivity index (χ0) is 11.6. The summed E-state index contributed by atoms with van der Waals surface area (Å²) in [4.78, 5) is 2.61. The van der Waals surface area contributed by atoms with Gasteiger partial charge in [-0.15, -0.1) is 0 Å². The summed E-state index contributed by atoms with van der Waals surface area (Å²) >= 11 is 0. The van der Waals surface area contributed by atoms with Gasteiger partial charge in [0.15, 0.2) is 0 Å². The summed E-state index contributed by atoms with van der Waals surface area (Å²) in [5.41, 5.74) is 0. The molecule has 15 heavy (non-hydrogen) atoms. The van der Waals surface area contributed by atoms with E-state index in [2.05, 4.69) is 46.7 Å². The van der Waals surface area contributed by atoms with E-state index in [1.165, 1.54) is 30.4 Å². The Balaban J connectivity index is 2.50. The van der Waals surface area contributed by atoms with E-state index < -0.39 is 0 Å². The quantitative estimate of drug-likeness (QED) is 0.651. The molecule has 0 unspecified atom stereocenters. The summed E-state index contributed by atoms with van der Waals surface area (Å²) in [7, 11) is 4.78. The van der Waals surface area contributed by atoms with Gasteiger partial charge in [0, 0.05) is 32.0 Å². The van der Waals surface area contributed by atoms with Crippen molar-refractivity contribution >= 4 is 0 Å². The molecule has 1 aliphatic rings. The van der Waals surface area contributed by atoms with E-state index in [1.54, 1.807) is 0 Å². The van der Waals surface area contributed by atoms with Crippen LogP contribution in [0.1, 0.15) is 40.5 Å². The van der Waals surface area contributed by atoms with Crippen molar-refractivity contribution in [3.8, 4) is 0 Å². The fourth-order valence-electron chi connectivity index (χ4n) is 2.49. The van der Waals surface area contributed by atoms with Crippen LogP contribution in [0.3, 0.4) is 0 Å². The van der Waals surface area contributed by atoms with Gasteiger partial charge in [-0.05, 0) is 27.7 Å². The van der Waals surface area contributed by atoms with Gasteiger partial charge >= 0.3 is 0 Å². The average Bonchev–Trinajstić information content (AvgIpc) is 2.17. The van der Waals surface area contributed by atoms with Crippen LogP contribution in [0.25, 0.3) is 0 Å². The van der Waals surface area contributed by atoms with Crippen molar-refractivity contribution in [1.29, 1.82) is 0 Å². The van der Waals surface area contributed by atoms with Crippen LogP contribution in [0.4, 0.5) is 0 Å². The van der Waals surface area contributed by atoms with E-state index in [9.17, 15) is 0 Å². The second-order valence-corrected chi connectivity index (χ2v) is 6.08. The van der Waals surface area contributed by atoms with Gasteiger partial charge in [-0.3, -0.25) is 0 Å². The van der Waals surface area contributed by atoms with Gasteiger partial charge in [0.25, 0.3) is 0 Å². The molecule has 2 nitrogen and oxygen atoms in total. The SMILES string of the molecule is CC(C)N1CCC([N+](C)(C)C(C)C)CC1. The number of nitrogens with zero attached hydrogens (tertiary/aromatic N) is 2. The summed E-state index contributed by atoms with van der Waals surface area (Å²) in [6.45, 7) is 11.9. The van der Waals surface area contributed by atoms with E-state index in [-0.39, 0.29) is 0 Å². The fourth-order valence-corrected chi connectivity index (χ4v) is 2.49. The van der Waals surface area contributed by atoms with Gasteiger partial charge in [-0.1, -0.05) is 0 Å². The third-order valence-corrected chi connectivity index (χ3v) is 4.50. The Hall–Kier alpha value is -0.0800. The smallest absolute Gasteiger partial charge is 0.0912 e. The topological polar surface area (TPSA) is 3.24 Å². The van der Waals surface area contributed by atoms with E-state index in [4.69, 9.17) is 0 Å². The van der Waals surface area contributed by atoms with E-state index in [0.717, 1.165) is 18.1 Å². The molecule has 90 valence electrons. The zero-order valence-electron chi connectivity index (χ0n) is 11.5. The Bertz CT molecular complexity index is 189. The highest BCUT2D eigenvalue weighted by atomic mass is 15.4. The Morgan fingerprint density at radius 3 is 1.80 bits per heavy atom. The number of hydrogen-bond donors (Lipinski definition) is 0. The van der Waals surface area contributed by atoms with Crippen LogP contribution in [0.15, 0.2) is 0 Å². The first-order valence-corrected chi connectivity index (χ1v) is 6.43. The largest absolute Gasteiger partial charge is 0.324 e. The maximum absolute atomic E-state index is 2.61. The number of rotatable bonds is 3. The predicted octanol–water partition coefficient (Wildman–Crippen LogP) is 2.34. The molecule has 0 N–H and O–H groups in total. The van der Waals surface area contributed by atoms with Crippen LogP contribution in [0, 0.1) is 0 Å². The van der Waals surface area contributed by atoms with E-state index in [1.807, 2.05) is 0 Å². The standard InChI is InChI=1S/C13H29N2/c1-11(2)14-9-7-13(8-10-14)15(5,6)12(3)4/h11-13H,7-10H2,1-6H3/q+1. The van der Waals surface area contributed by atoms with Crippen molar-refractivity contribution in [2.45, 2.75) is 58.7 Å². The summed E-state index contributed by atoms with van der Waals surface area (Å²) in [5.74, 6) is 0. The molecule has 0 bridgehead atoms. The number of likely N-dealkylation sites (tertiary alicyclic amines) is 1. The highest BCUT2D eigenvalue weighted by Crippen LogP contribution is 2.23. The van der Waals surface area contributed by atoms with Gasteiger partial charge in [-0.2, -0.15) is 0 Å². The maximum Gasteiger partial charge on any atom is 0.0912 e. The minimum atomic E-state index is 0.723. The molecular weight excluding hydrogens is 184 g/mol. The molecule has 1 heterocycles. The first-order chi connectivity index (χ1) is 6.85. The van der Waals surface area contributed by atoms with Gasteiger partial charge < -0.3 is 9.38 Å². The molecule has 0 radical (unpaired) electrons. The second kappa shape index (κ2) is 4.84. The first kappa shape index (κ1) is 13.0. The van der Waals surface area contributed by atoms with Crippen molar-refractivity contribution in [2.75, 3.05) is 27.2 Å². The molecular formula is C13H29N2+. The van der Waals surface area contributed by atoms with Crippen LogP contribution in [0.2, 0.25) is 0 Å². The molecule has 0 aromatic heterocycles. The maximum atomic E-state index is 2.61. The first-order valence-electron chi connectivity index (χ1n) is 6.43. The van der Waals surface area contributed by atoms with Gasteiger partial charge in [0.2, 0.25) is 0 Å². The molecule has 0 amide bonds. The molecule has 1 aliphatic heterocycles. The van der Waals surface area contributed by atoms with E-state index >= 15 is 0 Å². The number of piperidine rings is 1. The summed E-state index contributed by atoms with van der Waals surface area (Å²) in [6, 6.07) is 2.32. The molecule has 1 rings (SSSR count). The molecule has 2 heteroatoms. The van der Waals surface area contributed by atoms with Crippen molar-refractivity contribution in [1.82, 2.24) is 4.90 Å². The van der Waals surface area contributed by atoms with Gasteiger partial charge in [0.1, 0.15) is 0 Å². The van der Waals surface area contributed by atoms with E-state index in [0.29, 0.717) is 0 Å². The lowest BCUT2D eigenvalue weighted by Gasteiger charge is -2.46. The fraction of sp³-hybridized carbons (Fsp3) is 1.00. The molecule has 0 aliphatic carbocycles. The number of quaternary nitrogens is 1. The highest BCUT2D eigenvalue weighted by Gasteiger charge is 2.34. The van der Waals surface area contributed by atoms with Crippen LogP contribution >= 0.6 is 0 Å². The minimum Gasteiger partial charge on any atom is -0.324 e. The lowest BCUT2D eigenvalue weighted by Crippen LogP contribution is -2.57. The average molecular weight is 213 g/mol. The van der Waals surface area contributed by atoms with Crippen molar-refractivity contribution < 1.29 is 4.48 Å². The van der Waals surface area contributed by atoms with Gasteiger partial charge in [-0.25, -0.2) is 0 Å². The third-order valence-electron chi connectivity index (χ3n) is 4.50. The second-order valence-electron chi connectivity index (χ2n) is 6.08. The van der Waals surface area contributed by atoms with Crippen LogP contribution in [-0.4, -0.2) is 54.7 Å². The molecule has 1 fully saturated rings. The lowest BCUT2D eigenvalue weighted by molar-refractivity contribution is -0.936. The van der Waals surface area contributed by atoms with Gasteiger partial charge in [0.05, 0.1) is 26.2 Å². The molecule has 0 atom stereocenters. The van der Waals surface area contributed by atoms with Crippen molar-refractivity contribution in [3.63, 3.8) is 0 Å². The van der Waals surface area contributed by atoms with Crippen LogP contribution in [0.5, 0.6) is 0 Å². The normalized spacial score (nSPS) is 21.6. The number of hydrogen-bond acceptors (Lipinski definition) is 1. The van der Waals surface area contributed by atoms with Crippen molar-refractivity contribution in [2.24, 2.45) is 0 Å². The highest BCUT2D eigenvalue weighted by molar-refractivity contribution is 4.75. The summed E-state index contributed by atoms with van der Waals surface area (Å²) < 4.78 is 1.19. The Morgan fingerprint density at radius 2 is 1.47 bits per heavy atom. The minimum absolute atomic E-state index is 0.723. The lowest BCUT2D eigenvalue weighted by atomic mass is 9.99. The van der Waals surface area contributed by atoms with Crippen LogP contribution in [-0.2, 0) is 0 Å². The molecule has 0 aromatic carbocycles. The third kappa shape index (κ3) is 2.94. The summed E-state index contributed by atoms with van der Waals surface area (Å²) in [6.07, 6.45) is 2.73. The van der Waals surface area contributed by atoms with Crippen LogP contribution < -0.4 is 0 Å².